The average molecular weight is 267 g/mol. The fourth-order valence-corrected chi connectivity index (χ4v) is 1.55. The third-order valence-corrected chi connectivity index (χ3v) is 2.44. The quantitative estimate of drug-likeness (QED) is 0.758. The lowest BCUT2D eigenvalue weighted by Crippen LogP contribution is -2.43. The first-order valence-electron chi connectivity index (χ1n) is 5.69. The summed E-state index contributed by atoms with van der Waals surface area (Å²) in [6.45, 7) is 0.306. The van der Waals surface area contributed by atoms with E-state index in [0.717, 1.165) is 5.56 Å². The van der Waals surface area contributed by atoms with E-state index in [1.807, 2.05) is 6.07 Å². The Labute approximate surface area is 111 Å². The standard InChI is InChI=1S/C13H17NO5/c1-18-7-9-4-3-5-10(6-9)12(15)14-11(8-19-2)13(16)17/h3-6,11H,7-8H2,1-2H3,(H,14,15)(H,16,17). The summed E-state index contributed by atoms with van der Waals surface area (Å²) >= 11 is 0. The van der Waals surface area contributed by atoms with Gasteiger partial charge in [0.2, 0.25) is 0 Å². The second kappa shape index (κ2) is 7.50. The molecule has 0 aliphatic heterocycles. The topological polar surface area (TPSA) is 84.9 Å². The van der Waals surface area contributed by atoms with E-state index in [9.17, 15) is 9.59 Å². The van der Waals surface area contributed by atoms with E-state index in [2.05, 4.69) is 5.32 Å². The van der Waals surface area contributed by atoms with Gasteiger partial charge in [0.25, 0.3) is 5.91 Å². The van der Waals surface area contributed by atoms with Crippen molar-refractivity contribution in [3.63, 3.8) is 0 Å². The Kier molecular flexibility index (Phi) is 5.98. The number of carbonyl (C=O) groups is 2. The van der Waals surface area contributed by atoms with E-state index in [1.54, 1.807) is 25.3 Å². The summed E-state index contributed by atoms with van der Waals surface area (Å²) in [5.41, 5.74) is 1.23. The molecule has 0 heterocycles. The summed E-state index contributed by atoms with van der Waals surface area (Å²) < 4.78 is 9.72. The number of rotatable bonds is 7. The van der Waals surface area contributed by atoms with Crippen LogP contribution in [-0.2, 0) is 20.9 Å². The van der Waals surface area contributed by atoms with Gasteiger partial charge in [-0.2, -0.15) is 0 Å². The summed E-state index contributed by atoms with van der Waals surface area (Å²) in [6, 6.07) is 5.74. The zero-order valence-electron chi connectivity index (χ0n) is 10.9. The zero-order valence-corrected chi connectivity index (χ0v) is 10.9. The van der Waals surface area contributed by atoms with Crippen molar-refractivity contribution in [3.05, 3.63) is 35.4 Å². The van der Waals surface area contributed by atoms with Gasteiger partial charge in [0.05, 0.1) is 13.2 Å². The van der Waals surface area contributed by atoms with Crippen LogP contribution in [-0.4, -0.2) is 43.9 Å². The number of nitrogens with one attached hydrogen (secondary N) is 1. The maximum atomic E-state index is 11.9. The molecule has 19 heavy (non-hydrogen) atoms. The number of carboxylic acid groups (broad SMARTS) is 1. The molecular formula is C13H17NO5. The highest BCUT2D eigenvalue weighted by molar-refractivity contribution is 5.96. The second-order valence-electron chi connectivity index (χ2n) is 3.95. The van der Waals surface area contributed by atoms with Crippen LogP contribution >= 0.6 is 0 Å². The van der Waals surface area contributed by atoms with E-state index in [-0.39, 0.29) is 6.61 Å². The lowest BCUT2D eigenvalue weighted by atomic mass is 10.1. The van der Waals surface area contributed by atoms with Crippen molar-refractivity contribution in [1.82, 2.24) is 5.32 Å². The van der Waals surface area contributed by atoms with Crippen LogP contribution in [0.5, 0.6) is 0 Å². The summed E-state index contributed by atoms with van der Waals surface area (Å²) in [7, 11) is 2.94. The van der Waals surface area contributed by atoms with E-state index in [4.69, 9.17) is 14.6 Å². The Bertz CT molecular complexity index is 446. The largest absolute Gasteiger partial charge is 0.480 e. The molecule has 0 spiro atoms. The highest BCUT2D eigenvalue weighted by Crippen LogP contribution is 2.06. The highest BCUT2D eigenvalue weighted by atomic mass is 16.5. The number of ether oxygens (including phenoxy) is 2. The third-order valence-electron chi connectivity index (χ3n) is 2.44. The van der Waals surface area contributed by atoms with Gasteiger partial charge in [0.1, 0.15) is 0 Å². The first-order chi connectivity index (χ1) is 9.08. The first kappa shape index (κ1) is 15.1. The van der Waals surface area contributed by atoms with Gasteiger partial charge in [-0.15, -0.1) is 0 Å². The Morgan fingerprint density at radius 3 is 2.63 bits per heavy atom. The van der Waals surface area contributed by atoms with Gasteiger partial charge in [-0.3, -0.25) is 4.79 Å². The van der Waals surface area contributed by atoms with Gasteiger partial charge >= 0.3 is 5.97 Å². The molecule has 1 atom stereocenters. The molecule has 2 N–H and O–H groups in total. The van der Waals surface area contributed by atoms with Crippen molar-refractivity contribution in [1.29, 1.82) is 0 Å². The van der Waals surface area contributed by atoms with Crippen molar-refractivity contribution in [3.8, 4) is 0 Å². The lowest BCUT2D eigenvalue weighted by Gasteiger charge is -2.13. The van der Waals surface area contributed by atoms with Crippen LogP contribution in [0.1, 0.15) is 15.9 Å². The molecular weight excluding hydrogens is 250 g/mol. The summed E-state index contributed by atoms with van der Waals surface area (Å²) in [5.74, 6) is -1.59. The average Bonchev–Trinajstić information content (AvgIpc) is 2.38. The SMILES string of the molecule is COCc1cccc(C(=O)NC(COC)C(=O)O)c1. The maximum Gasteiger partial charge on any atom is 0.328 e. The third kappa shape index (κ3) is 4.69. The molecule has 0 radical (unpaired) electrons. The minimum absolute atomic E-state index is 0.0845. The van der Waals surface area contributed by atoms with Crippen molar-refractivity contribution in [2.45, 2.75) is 12.6 Å². The van der Waals surface area contributed by atoms with E-state index >= 15 is 0 Å². The van der Waals surface area contributed by atoms with Crippen LogP contribution < -0.4 is 5.32 Å². The highest BCUT2D eigenvalue weighted by Gasteiger charge is 2.20. The van der Waals surface area contributed by atoms with Crippen molar-refractivity contribution < 1.29 is 24.2 Å². The van der Waals surface area contributed by atoms with Crippen molar-refractivity contribution in [2.75, 3.05) is 20.8 Å². The number of amides is 1. The van der Waals surface area contributed by atoms with Crippen LogP contribution in [0.2, 0.25) is 0 Å². The first-order valence-corrected chi connectivity index (χ1v) is 5.69. The number of methoxy groups -OCH3 is 2. The Balaban J connectivity index is 2.76. The molecule has 1 rings (SSSR count). The minimum atomic E-state index is -1.14. The lowest BCUT2D eigenvalue weighted by molar-refractivity contribution is -0.140. The number of carboxylic acids is 1. The van der Waals surface area contributed by atoms with Crippen LogP contribution in [0.3, 0.4) is 0 Å². The molecule has 0 aliphatic carbocycles. The number of aliphatic carboxylic acids is 1. The number of carbonyl (C=O) groups excluding carboxylic acids is 1. The maximum absolute atomic E-state index is 11.9. The zero-order chi connectivity index (χ0) is 14.3. The Morgan fingerprint density at radius 1 is 1.32 bits per heavy atom. The van der Waals surface area contributed by atoms with Gasteiger partial charge in [-0.25, -0.2) is 4.79 Å². The molecule has 0 fully saturated rings. The number of benzene rings is 1. The Hall–Kier alpha value is -1.92. The van der Waals surface area contributed by atoms with E-state index in [0.29, 0.717) is 12.2 Å². The minimum Gasteiger partial charge on any atom is -0.480 e. The fourth-order valence-electron chi connectivity index (χ4n) is 1.55. The molecule has 1 amide bonds. The molecule has 1 aromatic rings. The molecule has 104 valence electrons. The number of hydrogen-bond donors (Lipinski definition) is 2. The number of hydrogen-bond acceptors (Lipinski definition) is 4. The van der Waals surface area contributed by atoms with Crippen LogP contribution in [0, 0.1) is 0 Å². The monoisotopic (exact) mass is 267 g/mol. The summed E-state index contributed by atoms with van der Waals surface area (Å²) in [4.78, 5) is 22.8. The van der Waals surface area contributed by atoms with Crippen LogP contribution in [0.4, 0.5) is 0 Å². The second-order valence-corrected chi connectivity index (χ2v) is 3.95. The van der Waals surface area contributed by atoms with Gasteiger partial charge in [-0.1, -0.05) is 12.1 Å². The van der Waals surface area contributed by atoms with Gasteiger partial charge in [0.15, 0.2) is 6.04 Å². The molecule has 1 aromatic carbocycles. The molecule has 6 nitrogen and oxygen atoms in total. The molecule has 0 saturated heterocycles. The van der Waals surface area contributed by atoms with Gasteiger partial charge in [-0.05, 0) is 17.7 Å². The van der Waals surface area contributed by atoms with Crippen LogP contribution in [0.15, 0.2) is 24.3 Å². The van der Waals surface area contributed by atoms with Crippen molar-refractivity contribution in [2.24, 2.45) is 0 Å². The van der Waals surface area contributed by atoms with Crippen LogP contribution in [0.25, 0.3) is 0 Å². The Morgan fingerprint density at radius 2 is 2.05 bits per heavy atom. The summed E-state index contributed by atoms with van der Waals surface area (Å²) in [6.07, 6.45) is 0. The molecule has 0 aliphatic rings. The van der Waals surface area contributed by atoms with E-state index in [1.165, 1.54) is 7.11 Å². The molecule has 1 unspecified atom stereocenters. The van der Waals surface area contributed by atoms with Gasteiger partial charge in [0, 0.05) is 19.8 Å². The predicted octanol–water partition coefficient (Wildman–Crippen LogP) is 0.662. The summed E-state index contributed by atoms with van der Waals surface area (Å²) in [5, 5.41) is 11.3. The molecule has 0 aromatic heterocycles. The fraction of sp³-hybridized carbons (Fsp3) is 0.385. The van der Waals surface area contributed by atoms with Crippen molar-refractivity contribution >= 4 is 11.9 Å². The smallest absolute Gasteiger partial charge is 0.328 e. The van der Waals surface area contributed by atoms with E-state index < -0.39 is 17.9 Å². The normalized spacial score (nSPS) is 11.9. The van der Waals surface area contributed by atoms with Gasteiger partial charge < -0.3 is 19.9 Å². The molecule has 6 heteroatoms. The molecule has 0 saturated carbocycles. The molecule has 0 bridgehead atoms. The predicted molar refractivity (Wildman–Crippen MR) is 67.9 cm³/mol.